The first kappa shape index (κ1) is 13.1. The Morgan fingerprint density at radius 3 is 2.62 bits per heavy atom. The van der Waals surface area contributed by atoms with Gasteiger partial charge in [0.15, 0.2) is 0 Å². The SMILES string of the molecule is CC#CC(=O)O[C@@H]1C[C@H](C)CC[C@H]1C(C)C. The highest BCUT2D eigenvalue weighted by Gasteiger charge is 2.32. The monoisotopic (exact) mass is 222 g/mol. The van der Waals surface area contributed by atoms with Crippen LogP contribution in [0.1, 0.15) is 47.0 Å². The van der Waals surface area contributed by atoms with Crippen LogP contribution in [0.2, 0.25) is 0 Å². The van der Waals surface area contributed by atoms with Crippen LogP contribution in [0, 0.1) is 29.6 Å². The van der Waals surface area contributed by atoms with Gasteiger partial charge in [0, 0.05) is 5.92 Å². The standard InChI is InChI=1S/C14H22O2/c1-5-6-14(15)16-13-9-11(4)7-8-12(13)10(2)3/h10-13H,7-9H2,1-4H3/t11-,12+,13-/m1/s1. The first-order valence-electron chi connectivity index (χ1n) is 6.18. The molecular formula is C14H22O2. The molecular weight excluding hydrogens is 200 g/mol. The van der Waals surface area contributed by atoms with Gasteiger partial charge in [0.1, 0.15) is 6.10 Å². The Hall–Kier alpha value is -0.970. The van der Waals surface area contributed by atoms with E-state index in [9.17, 15) is 4.79 Å². The van der Waals surface area contributed by atoms with E-state index in [2.05, 4.69) is 32.6 Å². The quantitative estimate of drug-likeness (QED) is 0.408. The van der Waals surface area contributed by atoms with Crippen LogP contribution in [-0.2, 0) is 9.53 Å². The lowest BCUT2D eigenvalue weighted by molar-refractivity contribution is -0.148. The first-order chi connectivity index (χ1) is 7.54. The van der Waals surface area contributed by atoms with Gasteiger partial charge in [0.05, 0.1) is 0 Å². The molecule has 1 aliphatic rings. The lowest BCUT2D eigenvalue weighted by atomic mass is 9.75. The molecule has 0 saturated heterocycles. The van der Waals surface area contributed by atoms with E-state index in [1.807, 2.05) is 0 Å². The largest absolute Gasteiger partial charge is 0.452 e. The molecule has 0 radical (unpaired) electrons. The molecule has 0 spiro atoms. The smallest absolute Gasteiger partial charge is 0.384 e. The van der Waals surface area contributed by atoms with E-state index in [-0.39, 0.29) is 12.1 Å². The number of hydrogen-bond donors (Lipinski definition) is 0. The predicted molar refractivity (Wildman–Crippen MR) is 64.7 cm³/mol. The second-order valence-electron chi connectivity index (χ2n) is 5.14. The molecule has 0 unspecified atom stereocenters. The number of hydrogen-bond acceptors (Lipinski definition) is 2. The fourth-order valence-electron chi connectivity index (χ4n) is 2.52. The van der Waals surface area contributed by atoms with Crippen LogP contribution in [-0.4, -0.2) is 12.1 Å². The fraction of sp³-hybridized carbons (Fsp3) is 0.786. The minimum absolute atomic E-state index is 0.0668. The lowest BCUT2D eigenvalue weighted by Gasteiger charge is -2.36. The normalized spacial score (nSPS) is 29.4. The van der Waals surface area contributed by atoms with Gasteiger partial charge < -0.3 is 4.74 Å². The number of carbonyl (C=O) groups is 1. The van der Waals surface area contributed by atoms with Crippen LogP contribution in [0.5, 0.6) is 0 Å². The fourth-order valence-corrected chi connectivity index (χ4v) is 2.52. The highest BCUT2D eigenvalue weighted by Crippen LogP contribution is 2.35. The summed E-state index contributed by atoms with van der Waals surface area (Å²) in [6, 6.07) is 0. The van der Waals surface area contributed by atoms with Gasteiger partial charge in [0.25, 0.3) is 0 Å². The predicted octanol–water partition coefficient (Wildman–Crippen LogP) is 3.01. The van der Waals surface area contributed by atoms with Gasteiger partial charge in [0.2, 0.25) is 0 Å². The van der Waals surface area contributed by atoms with Gasteiger partial charge >= 0.3 is 5.97 Å². The topological polar surface area (TPSA) is 26.3 Å². The van der Waals surface area contributed by atoms with Gasteiger partial charge in [-0.25, -0.2) is 4.79 Å². The Kier molecular flexibility index (Phi) is 4.86. The van der Waals surface area contributed by atoms with E-state index in [1.54, 1.807) is 6.92 Å². The maximum atomic E-state index is 11.4. The number of ether oxygens (including phenoxy) is 1. The molecule has 0 N–H and O–H groups in total. The van der Waals surface area contributed by atoms with Crippen molar-refractivity contribution in [2.24, 2.45) is 17.8 Å². The molecule has 2 heteroatoms. The van der Waals surface area contributed by atoms with Crippen molar-refractivity contribution in [1.29, 1.82) is 0 Å². The van der Waals surface area contributed by atoms with Crippen LogP contribution in [0.25, 0.3) is 0 Å². The Bertz CT molecular complexity index is 296. The van der Waals surface area contributed by atoms with Crippen LogP contribution in [0.4, 0.5) is 0 Å². The molecule has 0 aliphatic heterocycles. The van der Waals surface area contributed by atoms with Crippen LogP contribution >= 0.6 is 0 Å². The molecule has 0 aromatic carbocycles. The maximum Gasteiger partial charge on any atom is 0.384 e. The highest BCUT2D eigenvalue weighted by atomic mass is 16.5. The molecule has 1 rings (SSSR count). The Morgan fingerprint density at radius 1 is 1.38 bits per heavy atom. The second-order valence-corrected chi connectivity index (χ2v) is 5.14. The number of carbonyl (C=O) groups excluding carboxylic acids is 1. The van der Waals surface area contributed by atoms with E-state index < -0.39 is 0 Å². The summed E-state index contributed by atoms with van der Waals surface area (Å²) in [7, 11) is 0. The summed E-state index contributed by atoms with van der Waals surface area (Å²) in [5.74, 6) is 6.40. The van der Waals surface area contributed by atoms with Crippen molar-refractivity contribution < 1.29 is 9.53 Å². The minimum Gasteiger partial charge on any atom is -0.452 e. The molecule has 0 heterocycles. The molecule has 0 aromatic heterocycles. The third kappa shape index (κ3) is 3.56. The molecule has 16 heavy (non-hydrogen) atoms. The van der Waals surface area contributed by atoms with E-state index in [1.165, 1.54) is 6.42 Å². The molecule has 0 amide bonds. The molecule has 2 nitrogen and oxygen atoms in total. The zero-order valence-corrected chi connectivity index (χ0v) is 10.7. The molecule has 3 atom stereocenters. The zero-order chi connectivity index (χ0) is 12.1. The van der Waals surface area contributed by atoms with Crippen molar-refractivity contribution in [3.05, 3.63) is 0 Å². The summed E-state index contributed by atoms with van der Waals surface area (Å²) in [4.78, 5) is 11.4. The van der Waals surface area contributed by atoms with E-state index in [0.29, 0.717) is 17.8 Å². The minimum atomic E-state index is -0.368. The average molecular weight is 222 g/mol. The van der Waals surface area contributed by atoms with Crippen molar-refractivity contribution in [1.82, 2.24) is 0 Å². The zero-order valence-electron chi connectivity index (χ0n) is 10.7. The van der Waals surface area contributed by atoms with Crippen LogP contribution in [0.15, 0.2) is 0 Å². The Balaban J connectivity index is 2.63. The second kappa shape index (κ2) is 5.94. The van der Waals surface area contributed by atoms with E-state index in [0.717, 1.165) is 12.8 Å². The van der Waals surface area contributed by atoms with Crippen molar-refractivity contribution in [3.63, 3.8) is 0 Å². The van der Waals surface area contributed by atoms with Gasteiger partial charge in [-0.05, 0) is 37.5 Å². The molecule has 1 aliphatic carbocycles. The van der Waals surface area contributed by atoms with Gasteiger partial charge in [-0.3, -0.25) is 0 Å². The summed E-state index contributed by atoms with van der Waals surface area (Å²) < 4.78 is 5.46. The van der Waals surface area contributed by atoms with Crippen molar-refractivity contribution in [3.8, 4) is 11.8 Å². The third-order valence-electron chi connectivity index (χ3n) is 3.45. The lowest BCUT2D eigenvalue weighted by Crippen LogP contribution is -2.35. The van der Waals surface area contributed by atoms with Crippen molar-refractivity contribution >= 4 is 5.97 Å². The van der Waals surface area contributed by atoms with Crippen LogP contribution < -0.4 is 0 Å². The number of rotatable bonds is 2. The third-order valence-corrected chi connectivity index (χ3v) is 3.45. The molecule has 1 fully saturated rings. The van der Waals surface area contributed by atoms with E-state index in [4.69, 9.17) is 4.74 Å². The summed E-state index contributed by atoms with van der Waals surface area (Å²) >= 11 is 0. The molecule has 0 aromatic rings. The van der Waals surface area contributed by atoms with E-state index >= 15 is 0 Å². The highest BCUT2D eigenvalue weighted by molar-refractivity contribution is 5.88. The summed E-state index contributed by atoms with van der Waals surface area (Å²) in [5, 5.41) is 0. The Morgan fingerprint density at radius 2 is 2.06 bits per heavy atom. The van der Waals surface area contributed by atoms with Crippen molar-refractivity contribution in [2.75, 3.05) is 0 Å². The maximum absolute atomic E-state index is 11.4. The van der Waals surface area contributed by atoms with Crippen molar-refractivity contribution in [2.45, 2.75) is 53.1 Å². The number of esters is 1. The first-order valence-corrected chi connectivity index (χ1v) is 6.18. The van der Waals surface area contributed by atoms with Crippen LogP contribution in [0.3, 0.4) is 0 Å². The van der Waals surface area contributed by atoms with Gasteiger partial charge in [-0.1, -0.05) is 33.1 Å². The molecule has 90 valence electrons. The average Bonchev–Trinajstić information content (AvgIpc) is 2.17. The summed E-state index contributed by atoms with van der Waals surface area (Å²) in [5.41, 5.74) is 0. The summed E-state index contributed by atoms with van der Waals surface area (Å²) in [6.45, 7) is 8.29. The Labute approximate surface area is 98.8 Å². The molecule has 1 saturated carbocycles. The molecule has 0 bridgehead atoms. The van der Waals surface area contributed by atoms with Gasteiger partial charge in [-0.15, -0.1) is 0 Å². The van der Waals surface area contributed by atoms with Gasteiger partial charge in [-0.2, -0.15) is 0 Å². The summed E-state index contributed by atoms with van der Waals surface area (Å²) in [6.07, 6.45) is 3.46.